The third-order valence-corrected chi connectivity index (χ3v) is 6.64. The van der Waals surface area contributed by atoms with E-state index in [-0.39, 0.29) is 11.3 Å². The maximum atomic E-state index is 13.0. The average Bonchev–Trinajstić information content (AvgIpc) is 3.35. The number of likely N-dealkylation sites (tertiary alicyclic amines) is 1. The molecule has 0 N–H and O–H groups in total. The summed E-state index contributed by atoms with van der Waals surface area (Å²) in [6.45, 7) is 6.06. The van der Waals surface area contributed by atoms with Gasteiger partial charge in [-0.05, 0) is 48.1 Å². The number of carbonyl (C=O) groups is 1. The fourth-order valence-electron chi connectivity index (χ4n) is 5.19. The lowest BCUT2D eigenvalue weighted by molar-refractivity contribution is 0.0759. The highest BCUT2D eigenvalue weighted by molar-refractivity contribution is 5.92. The van der Waals surface area contributed by atoms with Crippen LogP contribution in [-0.4, -0.2) is 38.9 Å². The van der Waals surface area contributed by atoms with Crippen LogP contribution in [0.25, 0.3) is 5.69 Å². The van der Waals surface area contributed by atoms with E-state index in [1.165, 1.54) is 6.42 Å². The normalized spacial score (nSPS) is 32.4. The molecule has 1 aromatic heterocycles. The average molecular weight is 334 g/mol. The van der Waals surface area contributed by atoms with E-state index in [2.05, 4.69) is 29.4 Å². The van der Waals surface area contributed by atoms with Gasteiger partial charge in [0.15, 0.2) is 5.69 Å². The van der Waals surface area contributed by atoms with Crippen molar-refractivity contribution in [2.75, 3.05) is 13.1 Å². The fourth-order valence-corrected chi connectivity index (χ4v) is 5.19. The van der Waals surface area contributed by atoms with Gasteiger partial charge in [-0.2, -0.15) is 0 Å². The lowest BCUT2D eigenvalue weighted by atomic mass is 9.72. The summed E-state index contributed by atoms with van der Waals surface area (Å²) in [5.74, 6) is 1.88. The van der Waals surface area contributed by atoms with Gasteiger partial charge in [-0.25, -0.2) is 4.68 Å². The van der Waals surface area contributed by atoms with Crippen molar-refractivity contribution < 1.29 is 4.79 Å². The summed E-state index contributed by atoms with van der Waals surface area (Å²) < 4.78 is 1.70. The first-order valence-electron chi connectivity index (χ1n) is 9.02. The van der Waals surface area contributed by atoms with Crippen molar-refractivity contribution >= 4 is 5.91 Å². The summed E-state index contributed by atoms with van der Waals surface area (Å²) >= 11 is 0. The predicted molar refractivity (Wildman–Crippen MR) is 94.3 cm³/mol. The number of benzene rings is 1. The molecule has 3 aliphatic rings. The van der Waals surface area contributed by atoms with Gasteiger partial charge in [-0.1, -0.05) is 42.5 Å². The first-order valence-corrected chi connectivity index (χ1v) is 9.02. The summed E-state index contributed by atoms with van der Waals surface area (Å²) in [7, 11) is 0. The van der Waals surface area contributed by atoms with Crippen molar-refractivity contribution in [3.8, 4) is 5.69 Å². The Balaban J connectivity index is 1.39. The van der Waals surface area contributed by atoms with Gasteiger partial charge in [0.25, 0.3) is 5.91 Å². The number of hydrogen-bond acceptors (Lipinski definition) is 3. The zero-order valence-corrected chi connectivity index (χ0v) is 14.6. The molecule has 5 rings (SSSR count). The topological polar surface area (TPSA) is 51.0 Å². The standard InChI is InChI=1S/C20H22N4O/c1-13-5-3-4-6-18(13)24-11-17(21-22-24)19(25)23-10-16-14-7-8-15(9-14)20(16,2)12-23/h3-8,11,14-16H,9-10,12H2,1-2H3/t14-,15+,16-,20+/m1/s1. The Hall–Kier alpha value is -2.43. The van der Waals surface area contributed by atoms with E-state index in [0.717, 1.165) is 24.3 Å². The van der Waals surface area contributed by atoms with Crippen molar-refractivity contribution in [3.05, 3.63) is 53.9 Å². The van der Waals surface area contributed by atoms with Crippen molar-refractivity contribution in [1.82, 2.24) is 19.9 Å². The van der Waals surface area contributed by atoms with E-state index in [0.29, 0.717) is 23.4 Å². The highest BCUT2D eigenvalue weighted by atomic mass is 16.2. The highest BCUT2D eigenvalue weighted by Gasteiger charge is 2.58. The van der Waals surface area contributed by atoms with Crippen LogP contribution in [0.5, 0.6) is 0 Å². The molecule has 2 aliphatic carbocycles. The van der Waals surface area contributed by atoms with E-state index in [9.17, 15) is 4.79 Å². The minimum Gasteiger partial charge on any atom is -0.336 e. The molecule has 2 bridgehead atoms. The molecule has 1 aliphatic heterocycles. The maximum Gasteiger partial charge on any atom is 0.276 e. The molecule has 128 valence electrons. The van der Waals surface area contributed by atoms with Gasteiger partial charge >= 0.3 is 0 Å². The van der Waals surface area contributed by atoms with Gasteiger partial charge in [0.05, 0.1) is 11.9 Å². The number of para-hydroxylation sites is 1. The molecule has 1 aromatic carbocycles. The molecule has 2 fully saturated rings. The summed E-state index contributed by atoms with van der Waals surface area (Å²) in [6.07, 6.45) is 7.75. The van der Waals surface area contributed by atoms with Gasteiger partial charge in [0.1, 0.15) is 0 Å². The maximum absolute atomic E-state index is 13.0. The summed E-state index contributed by atoms with van der Waals surface area (Å²) in [4.78, 5) is 15.0. The molecule has 5 nitrogen and oxygen atoms in total. The monoisotopic (exact) mass is 334 g/mol. The van der Waals surface area contributed by atoms with Gasteiger partial charge in [0, 0.05) is 13.1 Å². The number of aromatic nitrogens is 3. The number of rotatable bonds is 2. The van der Waals surface area contributed by atoms with Crippen LogP contribution in [0.4, 0.5) is 0 Å². The molecule has 5 heteroatoms. The van der Waals surface area contributed by atoms with Crippen LogP contribution in [0.2, 0.25) is 0 Å². The van der Waals surface area contributed by atoms with E-state index in [1.807, 2.05) is 36.1 Å². The second kappa shape index (κ2) is 5.04. The number of carbonyl (C=O) groups excluding carboxylic acids is 1. The van der Waals surface area contributed by atoms with Gasteiger partial charge in [-0.3, -0.25) is 4.79 Å². The molecule has 25 heavy (non-hydrogen) atoms. The molecular formula is C20H22N4O. The first kappa shape index (κ1) is 14.9. The summed E-state index contributed by atoms with van der Waals surface area (Å²) in [5.41, 5.74) is 2.74. The Morgan fingerprint density at radius 3 is 2.92 bits per heavy atom. The second-order valence-corrected chi connectivity index (χ2v) is 8.02. The Labute approximate surface area is 147 Å². The number of hydrogen-bond donors (Lipinski definition) is 0. The lowest BCUT2D eigenvalue weighted by Gasteiger charge is -2.31. The Bertz CT molecular complexity index is 885. The van der Waals surface area contributed by atoms with Crippen molar-refractivity contribution in [3.63, 3.8) is 0 Å². The zero-order chi connectivity index (χ0) is 17.2. The van der Waals surface area contributed by atoms with Crippen LogP contribution in [-0.2, 0) is 0 Å². The molecule has 1 amide bonds. The van der Waals surface area contributed by atoms with E-state index >= 15 is 0 Å². The predicted octanol–water partition coefficient (Wildman–Crippen LogP) is 2.86. The van der Waals surface area contributed by atoms with Crippen LogP contribution < -0.4 is 0 Å². The summed E-state index contributed by atoms with van der Waals surface area (Å²) in [6, 6.07) is 7.98. The lowest BCUT2D eigenvalue weighted by Crippen LogP contribution is -2.33. The Kier molecular flexibility index (Phi) is 3.00. The molecule has 0 spiro atoms. The quantitative estimate of drug-likeness (QED) is 0.794. The molecule has 1 saturated carbocycles. The van der Waals surface area contributed by atoms with Crippen molar-refractivity contribution in [2.45, 2.75) is 20.3 Å². The zero-order valence-electron chi connectivity index (χ0n) is 14.6. The minimum absolute atomic E-state index is 0.00913. The van der Waals surface area contributed by atoms with Crippen LogP contribution in [0.1, 0.15) is 29.4 Å². The molecule has 2 heterocycles. The second-order valence-electron chi connectivity index (χ2n) is 8.02. The molecule has 4 atom stereocenters. The molecule has 0 unspecified atom stereocenters. The number of fused-ring (bicyclic) bond motifs is 5. The van der Waals surface area contributed by atoms with Gasteiger partial charge < -0.3 is 4.90 Å². The van der Waals surface area contributed by atoms with Crippen LogP contribution in [0.15, 0.2) is 42.6 Å². The third kappa shape index (κ3) is 2.04. The number of allylic oxidation sites excluding steroid dienone is 2. The number of nitrogens with zero attached hydrogens (tertiary/aromatic N) is 4. The van der Waals surface area contributed by atoms with Crippen LogP contribution in [0, 0.1) is 30.1 Å². The van der Waals surface area contributed by atoms with Crippen molar-refractivity contribution in [2.24, 2.45) is 23.2 Å². The summed E-state index contributed by atoms with van der Waals surface area (Å²) in [5, 5.41) is 8.33. The smallest absolute Gasteiger partial charge is 0.276 e. The van der Waals surface area contributed by atoms with Crippen LogP contribution >= 0.6 is 0 Å². The number of aryl methyl sites for hydroxylation is 1. The number of amides is 1. The molecule has 0 radical (unpaired) electrons. The largest absolute Gasteiger partial charge is 0.336 e. The van der Waals surface area contributed by atoms with Gasteiger partial charge in [-0.15, -0.1) is 5.10 Å². The Morgan fingerprint density at radius 2 is 2.12 bits per heavy atom. The van der Waals surface area contributed by atoms with E-state index < -0.39 is 0 Å². The molecular weight excluding hydrogens is 312 g/mol. The van der Waals surface area contributed by atoms with E-state index in [1.54, 1.807) is 10.9 Å². The van der Waals surface area contributed by atoms with Gasteiger partial charge in [0.2, 0.25) is 0 Å². The van der Waals surface area contributed by atoms with E-state index in [4.69, 9.17) is 0 Å². The SMILES string of the molecule is Cc1ccccc1-n1cc(C(=O)N2C[C@@H]3[C@@H]4C=C[C@@H](C4)[C@]3(C)C2)nn1. The third-order valence-electron chi connectivity index (χ3n) is 6.64. The minimum atomic E-state index is 0.00913. The highest BCUT2D eigenvalue weighted by Crippen LogP contribution is 2.59. The fraction of sp³-hybridized carbons (Fsp3) is 0.450. The molecule has 2 aromatic rings. The van der Waals surface area contributed by atoms with Crippen molar-refractivity contribution in [1.29, 1.82) is 0 Å². The van der Waals surface area contributed by atoms with Crippen LogP contribution in [0.3, 0.4) is 0 Å². The first-order chi connectivity index (χ1) is 12.1. The molecule has 1 saturated heterocycles. The Morgan fingerprint density at radius 1 is 1.28 bits per heavy atom.